The Hall–Kier alpha value is -6.01. The van der Waals surface area contributed by atoms with Crippen LogP contribution in [0.3, 0.4) is 0 Å². The molecule has 0 amide bonds. The highest BCUT2D eigenvalue weighted by Crippen LogP contribution is 2.49. The molecule has 5 heterocycles. The summed E-state index contributed by atoms with van der Waals surface area (Å²) in [6, 6.07) is 44.5. The van der Waals surface area contributed by atoms with Crippen LogP contribution in [0.15, 0.2) is 134 Å². The number of fused-ring (bicyclic) bond motifs is 10. The van der Waals surface area contributed by atoms with Crippen LogP contribution in [0.5, 0.6) is 0 Å². The first-order chi connectivity index (χ1) is 22.6. The van der Waals surface area contributed by atoms with Crippen LogP contribution in [0.2, 0.25) is 0 Å². The molecule has 4 aromatic heterocycles. The van der Waals surface area contributed by atoms with E-state index in [4.69, 9.17) is 15.0 Å². The summed E-state index contributed by atoms with van der Waals surface area (Å²) in [5.41, 5.74) is 8.80. The monoisotopic (exact) mass is 592 g/mol. The maximum absolute atomic E-state index is 5.34. The van der Waals surface area contributed by atoms with Gasteiger partial charge in [0.2, 0.25) is 11.9 Å². The van der Waals surface area contributed by atoms with Gasteiger partial charge in [-0.25, -0.2) is 0 Å². The van der Waals surface area contributed by atoms with Crippen LogP contribution >= 0.6 is 0 Å². The van der Waals surface area contributed by atoms with Crippen LogP contribution in [0.4, 0.5) is 0 Å². The molecular weight excluding hydrogens is 564 g/mol. The van der Waals surface area contributed by atoms with Crippen molar-refractivity contribution in [2.45, 2.75) is 19.3 Å². The molecule has 0 spiro atoms. The molecule has 218 valence electrons. The number of hydrogen-bond acceptors (Lipinski definition) is 3. The molecule has 6 heteroatoms. The summed E-state index contributed by atoms with van der Waals surface area (Å²) >= 11 is 0. The van der Waals surface area contributed by atoms with Gasteiger partial charge >= 0.3 is 0 Å². The molecule has 1 aliphatic heterocycles. The van der Waals surface area contributed by atoms with Gasteiger partial charge in [-0.3, -0.25) is 9.13 Å². The fourth-order valence-electron chi connectivity index (χ4n) is 7.68. The largest absolute Gasteiger partial charge is 0.317 e. The first-order valence-corrected chi connectivity index (χ1v) is 15.6. The molecule has 0 aliphatic carbocycles. The van der Waals surface area contributed by atoms with Gasteiger partial charge in [-0.05, 0) is 29.8 Å². The maximum Gasteiger partial charge on any atom is 0.240 e. The maximum atomic E-state index is 5.34. The van der Waals surface area contributed by atoms with Crippen molar-refractivity contribution < 1.29 is 0 Å². The van der Waals surface area contributed by atoms with Gasteiger partial charge in [0.15, 0.2) is 5.82 Å². The molecule has 9 aromatic rings. The summed E-state index contributed by atoms with van der Waals surface area (Å²) in [6.45, 7) is 4.64. The van der Waals surface area contributed by atoms with E-state index < -0.39 is 0 Å². The van der Waals surface area contributed by atoms with Crippen LogP contribution in [-0.4, -0.2) is 28.7 Å². The molecule has 0 radical (unpaired) electrons. The van der Waals surface area contributed by atoms with Crippen molar-refractivity contribution >= 4 is 43.6 Å². The summed E-state index contributed by atoms with van der Waals surface area (Å²) in [5.74, 6) is 1.81. The lowest BCUT2D eigenvalue weighted by molar-refractivity contribution is 0.645. The SMILES string of the molecule is CC1(C)c2ccccc2-n2cc3c4ccccc4n(-c4nc(-c5ccccc5)nc(-n5c6ccccc6c6ccccc65)n4)c3c21. The molecule has 0 saturated heterocycles. The average molecular weight is 593 g/mol. The summed E-state index contributed by atoms with van der Waals surface area (Å²) < 4.78 is 6.81. The number of para-hydroxylation sites is 4. The van der Waals surface area contributed by atoms with E-state index in [0.29, 0.717) is 17.7 Å². The van der Waals surface area contributed by atoms with Gasteiger partial charge in [-0.15, -0.1) is 0 Å². The molecule has 0 bridgehead atoms. The third-order valence-electron chi connectivity index (χ3n) is 9.69. The predicted octanol–water partition coefficient (Wildman–Crippen LogP) is 9.16. The molecule has 0 unspecified atom stereocenters. The first-order valence-electron chi connectivity index (χ1n) is 15.6. The Morgan fingerprint density at radius 3 is 1.70 bits per heavy atom. The number of rotatable bonds is 3. The topological polar surface area (TPSA) is 53.5 Å². The fraction of sp³-hybridized carbons (Fsp3) is 0.0750. The second-order valence-electron chi connectivity index (χ2n) is 12.6. The van der Waals surface area contributed by atoms with E-state index in [9.17, 15) is 0 Å². The summed E-state index contributed by atoms with van der Waals surface area (Å²) in [6.07, 6.45) is 2.30. The molecule has 6 nitrogen and oxygen atoms in total. The predicted molar refractivity (Wildman–Crippen MR) is 185 cm³/mol. The Morgan fingerprint density at radius 1 is 0.500 bits per heavy atom. The van der Waals surface area contributed by atoms with Crippen molar-refractivity contribution in [1.29, 1.82) is 0 Å². The van der Waals surface area contributed by atoms with E-state index in [1.165, 1.54) is 38.5 Å². The molecule has 1 aliphatic rings. The van der Waals surface area contributed by atoms with Crippen molar-refractivity contribution in [3.8, 4) is 29.0 Å². The van der Waals surface area contributed by atoms with E-state index in [2.05, 4.69) is 143 Å². The van der Waals surface area contributed by atoms with Gasteiger partial charge in [-0.1, -0.05) is 117 Å². The van der Waals surface area contributed by atoms with Gasteiger partial charge in [-0.2, -0.15) is 15.0 Å². The average Bonchev–Trinajstić information content (AvgIpc) is 3.80. The standard InChI is InChI=1S/C40H28N6/c1-40(2)30-19-9-13-23-34(30)44-24-29-28-18-8-12-22-33(28)46(35(29)36(40)44)39-42-37(25-14-4-3-5-15-25)41-38(43-39)45-31-20-10-6-16-26(31)27-17-7-11-21-32(27)45/h3-24H,1-2H3. The van der Waals surface area contributed by atoms with E-state index in [-0.39, 0.29) is 5.41 Å². The van der Waals surface area contributed by atoms with Crippen molar-refractivity contribution in [3.63, 3.8) is 0 Å². The Bertz CT molecular complexity index is 2620. The van der Waals surface area contributed by atoms with Gasteiger partial charge in [0.1, 0.15) is 0 Å². The fourth-order valence-corrected chi connectivity index (χ4v) is 7.68. The number of aromatic nitrogens is 6. The molecule has 0 saturated carbocycles. The smallest absolute Gasteiger partial charge is 0.240 e. The van der Waals surface area contributed by atoms with E-state index >= 15 is 0 Å². The lowest BCUT2D eigenvalue weighted by Gasteiger charge is -2.20. The van der Waals surface area contributed by atoms with Gasteiger partial charge in [0.25, 0.3) is 0 Å². The zero-order valence-electron chi connectivity index (χ0n) is 25.4. The van der Waals surface area contributed by atoms with Crippen LogP contribution in [0, 0.1) is 0 Å². The Kier molecular flexibility index (Phi) is 4.97. The summed E-state index contributed by atoms with van der Waals surface area (Å²) in [4.78, 5) is 15.7. The highest BCUT2D eigenvalue weighted by molar-refractivity contribution is 6.11. The first kappa shape index (κ1) is 25.3. The van der Waals surface area contributed by atoms with Crippen LogP contribution in [0.25, 0.3) is 72.6 Å². The van der Waals surface area contributed by atoms with Gasteiger partial charge in [0.05, 0.1) is 27.8 Å². The molecule has 10 rings (SSSR count). The number of benzene rings is 5. The molecule has 46 heavy (non-hydrogen) atoms. The molecule has 0 atom stereocenters. The third kappa shape index (κ3) is 3.27. The van der Waals surface area contributed by atoms with Gasteiger partial charge < -0.3 is 4.57 Å². The zero-order chi connectivity index (χ0) is 30.6. The van der Waals surface area contributed by atoms with Crippen LogP contribution < -0.4 is 0 Å². The molecule has 0 N–H and O–H groups in total. The Labute approximate surface area is 264 Å². The molecule has 5 aromatic carbocycles. The second-order valence-corrected chi connectivity index (χ2v) is 12.6. The third-order valence-corrected chi connectivity index (χ3v) is 9.69. The van der Waals surface area contributed by atoms with E-state index in [1.807, 2.05) is 18.2 Å². The molecular formula is C40H28N6. The van der Waals surface area contributed by atoms with Crippen molar-refractivity contribution in [2.24, 2.45) is 0 Å². The zero-order valence-corrected chi connectivity index (χ0v) is 25.4. The summed E-state index contributed by atoms with van der Waals surface area (Å²) in [5, 5.41) is 4.70. The van der Waals surface area contributed by atoms with Gasteiger partial charge in [0, 0.05) is 44.4 Å². The number of hydrogen-bond donors (Lipinski definition) is 0. The second kappa shape index (κ2) is 9.02. The lowest BCUT2D eigenvalue weighted by Crippen LogP contribution is -2.17. The minimum absolute atomic E-state index is 0.227. The minimum atomic E-state index is -0.227. The van der Waals surface area contributed by atoms with Crippen molar-refractivity contribution in [2.75, 3.05) is 0 Å². The van der Waals surface area contributed by atoms with Crippen LogP contribution in [-0.2, 0) is 5.41 Å². The molecule has 0 fully saturated rings. The highest BCUT2D eigenvalue weighted by Gasteiger charge is 2.40. The van der Waals surface area contributed by atoms with Crippen LogP contribution in [0.1, 0.15) is 25.1 Å². The summed E-state index contributed by atoms with van der Waals surface area (Å²) in [7, 11) is 0. The minimum Gasteiger partial charge on any atom is -0.317 e. The van der Waals surface area contributed by atoms with Crippen molar-refractivity contribution in [1.82, 2.24) is 28.7 Å². The number of nitrogens with zero attached hydrogens (tertiary/aromatic N) is 6. The Morgan fingerprint density at radius 2 is 1.02 bits per heavy atom. The van der Waals surface area contributed by atoms with Crippen molar-refractivity contribution in [3.05, 3.63) is 145 Å². The highest BCUT2D eigenvalue weighted by atomic mass is 15.3. The Balaban J connectivity index is 1.35. The lowest BCUT2D eigenvalue weighted by atomic mass is 9.83. The van der Waals surface area contributed by atoms with E-state index in [1.54, 1.807) is 0 Å². The normalized spacial score (nSPS) is 13.6. The quantitative estimate of drug-likeness (QED) is 0.206. The van der Waals surface area contributed by atoms with E-state index in [0.717, 1.165) is 27.6 Å².